The molecule has 0 amide bonds. The number of nitrogens with one attached hydrogen (secondary N) is 1. The molecule has 0 atom stereocenters. The molecule has 0 aliphatic rings. The lowest BCUT2D eigenvalue weighted by atomic mass is 10.4. The molecule has 2 aromatic rings. The normalized spacial score (nSPS) is 11.9. The Labute approximate surface area is 114 Å². The van der Waals surface area contributed by atoms with Crippen LogP contribution in [0.25, 0.3) is 5.65 Å². The van der Waals surface area contributed by atoms with Crippen LogP contribution < -0.4 is 4.72 Å². The second-order valence-electron chi connectivity index (χ2n) is 4.05. The molecular weight excluding hydrogens is 318 g/mol. The van der Waals surface area contributed by atoms with E-state index in [1.165, 1.54) is 0 Å². The summed E-state index contributed by atoms with van der Waals surface area (Å²) in [6.07, 6.45) is 2.30. The van der Waals surface area contributed by atoms with Crippen LogP contribution in [0.5, 0.6) is 0 Å². The van der Waals surface area contributed by atoms with Crippen molar-refractivity contribution in [3.63, 3.8) is 0 Å². The van der Waals surface area contributed by atoms with Gasteiger partial charge in [-0.15, -0.1) is 0 Å². The Morgan fingerprint density at radius 1 is 1.44 bits per heavy atom. The SMILES string of the molecule is CCCS(=O)(=O)Nc1ccc2nc(C)c(Br)n2c1. The molecule has 5 nitrogen and oxygen atoms in total. The van der Waals surface area contributed by atoms with Crippen LogP contribution in [-0.4, -0.2) is 23.6 Å². The van der Waals surface area contributed by atoms with Gasteiger partial charge in [0, 0.05) is 6.20 Å². The first-order valence-electron chi connectivity index (χ1n) is 5.57. The lowest BCUT2D eigenvalue weighted by Gasteiger charge is -2.07. The van der Waals surface area contributed by atoms with E-state index in [-0.39, 0.29) is 5.75 Å². The van der Waals surface area contributed by atoms with Gasteiger partial charge < -0.3 is 0 Å². The Bertz CT molecular complexity index is 679. The maximum atomic E-state index is 11.7. The van der Waals surface area contributed by atoms with E-state index in [1.54, 1.807) is 22.7 Å². The van der Waals surface area contributed by atoms with Crippen molar-refractivity contribution in [1.82, 2.24) is 9.38 Å². The van der Waals surface area contributed by atoms with Gasteiger partial charge in [-0.2, -0.15) is 0 Å². The monoisotopic (exact) mass is 331 g/mol. The Morgan fingerprint density at radius 2 is 2.17 bits per heavy atom. The van der Waals surface area contributed by atoms with Gasteiger partial charge in [-0.3, -0.25) is 9.12 Å². The zero-order chi connectivity index (χ0) is 13.3. The lowest BCUT2D eigenvalue weighted by Crippen LogP contribution is -2.16. The molecule has 0 aliphatic heterocycles. The number of aryl methyl sites for hydroxylation is 1. The summed E-state index contributed by atoms with van der Waals surface area (Å²) in [6.45, 7) is 3.72. The standard InChI is InChI=1S/C11H14BrN3O2S/c1-3-6-18(16,17)14-9-4-5-10-13-8(2)11(12)15(10)7-9/h4-5,7,14H,3,6H2,1-2H3. The van der Waals surface area contributed by atoms with Gasteiger partial charge in [0.1, 0.15) is 10.3 Å². The number of pyridine rings is 1. The number of anilines is 1. The van der Waals surface area contributed by atoms with Gasteiger partial charge in [0.15, 0.2) is 0 Å². The third-order valence-electron chi connectivity index (χ3n) is 2.47. The molecule has 0 spiro atoms. The molecule has 0 radical (unpaired) electrons. The summed E-state index contributed by atoms with van der Waals surface area (Å²) < 4.78 is 28.5. The van der Waals surface area contributed by atoms with Crippen LogP contribution >= 0.6 is 15.9 Å². The van der Waals surface area contributed by atoms with Crippen LogP contribution in [0.15, 0.2) is 22.9 Å². The molecule has 2 aromatic heterocycles. The fraction of sp³-hybridized carbons (Fsp3) is 0.364. The Kier molecular flexibility index (Phi) is 3.63. The van der Waals surface area contributed by atoms with Gasteiger partial charge in [-0.05, 0) is 41.4 Å². The molecule has 0 unspecified atom stereocenters. The van der Waals surface area contributed by atoms with Crippen LogP contribution in [0.2, 0.25) is 0 Å². The highest BCUT2D eigenvalue weighted by Gasteiger charge is 2.11. The molecule has 0 saturated carbocycles. The maximum Gasteiger partial charge on any atom is 0.232 e. The number of hydrogen-bond acceptors (Lipinski definition) is 3. The summed E-state index contributed by atoms with van der Waals surface area (Å²) in [5.74, 6) is 0.120. The molecule has 7 heteroatoms. The minimum atomic E-state index is -3.26. The average Bonchev–Trinajstić information content (AvgIpc) is 2.55. The first-order valence-corrected chi connectivity index (χ1v) is 8.02. The first-order chi connectivity index (χ1) is 8.43. The van der Waals surface area contributed by atoms with Crippen LogP contribution in [0.4, 0.5) is 5.69 Å². The van der Waals surface area contributed by atoms with Gasteiger partial charge >= 0.3 is 0 Å². The van der Waals surface area contributed by atoms with Crippen LogP contribution in [0.3, 0.4) is 0 Å². The van der Waals surface area contributed by atoms with Crippen molar-refractivity contribution < 1.29 is 8.42 Å². The summed E-state index contributed by atoms with van der Waals surface area (Å²) in [5.41, 5.74) is 2.18. The summed E-state index contributed by atoms with van der Waals surface area (Å²) in [6, 6.07) is 3.49. The quantitative estimate of drug-likeness (QED) is 0.936. The zero-order valence-corrected chi connectivity index (χ0v) is 12.5. The van der Waals surface area contributed by atoms with Gasteiger partial charge in [-0.25, -0.2) is 13.4 Å². The number of halogens is 1. The van der Waals surface area contributed by atoms with Gasteiger partial charge in [0.25, 0.3) is 0 Å². The topological polar surface area (TPSA) is 63.5 Å². The van der Waals surface area contributed by atoms with E-state index in [1.807, 2.05) is 13.8 Å². The Hall–Kier alpha value is -1.08. The number of fused-ring (bicyclic) bond motifs is 1. The van der Waals surface area contributed by atoms with Gasteiger partial charge in [0.05, 0.1) is 17.1 Å². The zero-order valence-electron chi connectivity index (χ0n) is 10.1. The molecule has 1 N–H and O–H groups in total. The highest BCUT2D eigenvalue weighted by molar-refractivity contribution is 9.10. The smallest absolute Gasteiger partial charge is 0.232 e. The molecule has 0 aromatic carbocycles. The van der Waals surface area contributed by atoms with E-state index in [9.17, 15) is 8.42 Å². The number of rotatable bonds is 4. The highest BCUT2D eigenvalue weighted by atomic mass is 79.9. The van der Waals surface area contributed by atoms with E-state index < -0.39 is 10.0 Å². The highest BCUT2D eigenvalue weighted by Crippen LogP contribution is 2.21. The molecule has 98 valence electrons. The molecule has 2 rings (SSSR count). The third kappa shape index (κ3) is 2.67. The maximum absolute atomic E-state index is 11.7. The number of nitrogens with zero attached hydrogens (tertiary/aromatic N) is 2. The molecule has 0 saturated heterocycles. The summed E-state index contributed by atoms with van der Waals surface area (Å²) in [4.78, 5) is 4.33. The van der Waals surface area contributed by atoms with E-state index in [0.29, 0.717) is 12.1 Å². The van der Waals surface area contributed by atoms with Crippen LogP contribution in [0, 0.1) is 6.92 Å². The van der Waals surface area contributed by atoms with Crippen molar-refractivity contribution in [2.24, 2.45) is 0 Å². The number of aromatic nitrogens is 2. The predicted octanol–water partition coefficient (Wildman–Crippen LogP) is 2.56. The molecule has 0 fully saturated rings. The fourth-order valence-electron chi connectivity index (χ4n) is 1.69. The van der Waals surface area contributed by atoms with Gasteiger partial charge in [0.2, 0.25) is 10.0 Å². The second-order valence-corrected chi connectivity index (χ2v) is 6.65. The summed E-state index contributed by atoms with van der Waals surface area (Å²) in [5, 5.41) is 0. The van der Waals surface area contributed by atoms with Crippen LogP contribution in [0.1, 0.15) is 19.0 Å². The van der Waals surface area contributed by atoms with E-state index in [0.717, 1.165) is 15.9 Å². The Balaban J connectivity index is 2.39. The molecule has 18 heavy (non-hydrogen) atoms. The Morgan fingerprint density at radius 3 is 2.83 bits per heavy atom. The molecule has 0 aliphatic carbocycles. The van der Waals surface area contributed by atoms with Crippen molar-refractivity contribution >= 4 is 37.3 Å². The van der Waals surface area contributed by atoms with E-state index >= 15 is 0 Å². The first kappa shape index (κ1) is 13.4. The molecule has 2 heterocycles. The number of sulfonamides is 1. The minimum absolute atomic E-state index is 0.120. The minimum Gasteiger partial charge on any atom is -0.292 e. The second kappa shape index (κ2) is 4.89. The van der Waals surface area contributed by atoms with Crippen molar-refractivity contribution in [3.8, 4) is 0 Å². The predicted molar refractivity (Wildman–Crippen MR) is 75.3 cm³/mol. The van der Waals surface area contributed by atoms with E-state index in [2.05, 4.69) is 25.6 Å². The number of imidazole rings is 1. The molecule has 0 bridgehead atoms. The van der Waals surface area contributed by atoms with Crippen LogP contribution in [-0.2, 0) is 10.0 Å². The summed E-state index contributed by atoms with van der Waals surface area (Å²) >= 11 is 3.42. The van der Waals surface area contributed by atoms with Crippen molar-refractivity contribution in [1.29, 1.82) is 0 Å². The largest absolute Gasteiger partial charge is 0.292 e. The third-order valence-corrected chi connectivity index (χ3v) is 4.91. The van der Waals surface area contributed by atoms with Crippen molar-refractivity contribution in [2.75, 3.05) is 10.5 Å². The number of hydrogen-bond donors (Lipinski definition) is 1. The summed E-state index contributed by atoms with van der Waals surface area (Å²) in [7, 11) is -3.26. The lowest BCUT2D eigenvalue weighted by molar-refractivity contribution is 0.600. The van der Waals surface area contributed by atoms with E-state index in [4.69, 9.17) is 0 Å². The fourth-order valence-corrected chi connectivity index (χ4v) is 3.19. The van der Waals surface area contributed by atoms with Crippen molar-refractivity contribution in [3.05, 3.63) is 28.6 Å². The molecular formula is C11H14BrN3O2S. The average molecular weight is 332 g/mol. The van der Waals surface area contributed by atoms with Crippen molar-refractivity contribution in [2.45, 2.75) is 20.3 Å². The van der Waals surface area contributed by atoms with Gasteiger partial charge in [-0.1, -0.05) is 6.92 Å².